The largest absolute Gasteiger partial charge is 0.394 e. The van der Waals surface area contributed by atoms with Gasteiger partial charge in [0.2, 0.25) is 0 Å². The summed E-state index contributed by atoms with van der Waals surface area (Å²) in [7, 11) is -4.42. The SMILES string of the molecule is CCCCC/C=C\CCCO[Si](C)(CCCCN1CCCC2(CCCN(CCCC[Si](C)(OCCC/C=C\CCCCC)OCCC/C=C\CCCCC)C2)C1)OCCC/C=C\CCCCC. The first-order valence-corrected chi connectivity index (χ1v) is 34.5. The van der Waals surface area contributed by atoms with Crippen molar-refractivity contribution in [1.82, 2.24) is 9.80 Å². The number of rotatable bonds is 46. The summed E-state index contributed by atoms with van der Waals surface area (Å²) in [5.41, 5.74) is 0.477. The average Bonchev–Trinajstić information content (AvgIpc) is 3.32. The lowest BCUT2D eigenvalue weighted by Crippen LogP contribution is -2.52. The monoisotopic (exact) mass is 971 g/mol. The van der Waals surface area contributed by atoms with Crippen LogP contribution in [0.15, 0.2) is 48.6 Å². The molecule has 0 N–H and O–H groups in total. The van der Waals surface area contributed by atoms with Crippen LogP contribution in [0.25, 0.3) is 0 Å². The molecule has 0 bridgehead atoms. The van der Waals surface area contributed by atoms with Crippen LogP contribution in [0.5, 0.6) is 0 Å². The highest BCUT2D eigenvalue weighted by Crippen LogP contribution is 2.39. The van der Waals surface area contributed by atoms with Gasteiger partial charge in [0.1, 0.15) is 0 Å². The molecule has 0 aliphatic carbocycles. The van der Waals surface area contributed by atoms with Crippen molar-refractivity contribution < 1.29 is 17.7 Å². The molecule has 0 atom stereocenters. The molecular weight excluding hydrogens is 857 g/mol. The van der Waals surface area contributed by atoms with Gasteiger partial charge in [0.05, 0.1) is 0 Å². The van der Waals surface area contributed by atoms with E-state index in [9.17, 15) is 0 Å². The second-order valence-electron chi connectivity index (χ2n) is 21.3. The number of piperidine rings is 2. The van der Waals surface area contributed by atoms with Crippen molar-refractivity contribution in [1.29, 1.82) is 0 Å². The zero-order valence-electron chi connectivity index (χ0n) is 45.8. The van der Waals surface area contributed by atoms with Crippen LogP contribution in [0.4, 0.5) is 0 Å². The summed E-state index contributed by atoms with van der Waals surface area (Å²) < 4.78 is 26.9. The van der Waals surface area contributed by atoms with E-state index >= 15 is 0 Å². The topological polar surface area (TPSA) is 43.4 Å². The Labute approximate surface area is 420 Å². The van der Waals surface area contributed by atoms with E-state index < -0.39 is 17.1 Å². The molecule has 1 spiro atoms. The van der Waals surface area contributed by atoms with Crippen LogP contribution < -0.4 is 0 Å². The lowest BCUT2D eigenvalue weighted by molar-refractivity contribution is 0.0127. The van der Waals surface area contributed by atoms with Gasteiger partial charge in [0.25, 0.3) is 0 Å². The standard InChI is InChI=1S/C59H114N2O4Si2/c1-7-11-15-19-23-27-31-37-51-62-66(5,63-52-38-32-28-24-20-16-12-8-2)55-41-35-47-60-49-43-45-59(57-60)46-44-50-61(58-59)48-36-42-56-67(6,64-53-39-33-29-25-21-17-13-9-3)65-54-40-34-30-26-22-18-14-10-4/h23-30H,7-22,31-58H2,1-6H3/b27-23-,28-24-,29-25-,30-26-. The maximum atomic E-state index is 6.71. The molecule has 0 aromatic carbocycles. The first-order chi connectivity index (χ1) is 32.8. The molecule has 2 heterocycles. The molecule has 8 heteroatoms. The Bertz CT molecular complexity index is 1080. The number of unbranched alkanes of at least 4 members (excludes halogenated alkanes) is 18. The van der Waals surface area contributed by atoms with Gasteiger partial charge in [-0.15, -0.1) is 0 Å². The second-order valence-corrected chi connectivity index (χ2v) is 28.0. The predicted molar refractivity (Wildman–Crippen MR) is 299 cm³/mol. The minimum atomic E-state index is -2.21. The van der Waals surface area contributed by atoms with Gasteiger partial charge in [0, 0.05) is 39.5 Å². The molecule has 2 aliphatic rings. The molecule has 6 nitrogen and oxygen atoms in total. The van der Waals surface area contributed by atoms with E-state index in [4.69, 9.17) is 17.7 Å². The van der Waals surface area contributed by atoms with Gasteiger partial charge in [-0.25, -0.2) is 0 Å². The molecule has 0 radical (unpaired) electrons. The van der Waals surface area contributed by atoms with E-state index in [-0.39, 0.29) is 0 Å². The fraction of sp³-hybridized carbons (Fsp3) is 0.864. The predicted octanol–water partition coefficient (Wildman–Crippen LogP) is 17.6. The quantitative estimate of drug-likeness (QED) is 0.0344. The van der Waals surface area contributed by atoms with Crippen LogP contribution in [0.2, 0.25) is 25.2 Å². The van der Waals surface area contributed by atoms with E-state index in [1.54, 1.807) is 0 Å². The first-order valence-electron chi connectivity index (χ1n) is 29.4. The highest BCUT2D eigenvalue weighted by molar-refractivity contribution is 6.66. The molecule has 2 fully saturated rings. The Balaban J connectivity index is 1.82. The van der Waals surface area contributed by atoms with Crippen molar-refractivity contribution in [3.63, 3.8) is 0 Å². The van der Waals surface area contributed by atoms with Gasteiger partial charge in [-0.3, -0.25) is 0 Å². The third kappa shape index (κ3) is 34.2. The maximum Gasteiger partial charge on any atom is 0.334 e. The third-order valence-electron chi connectivity index (χ3n) is 14.4. The number of hydrogen-bond acceptors (Lipinski definition) is 6. The maximum absolute atomic E-state index is 6.71. The van der Waals surface area contributed by atoms with E-state index in [1.807, 2.05) is 0 Å². The molecular formula is C59H114N2O4Si2. The van der Waals surface area contributed by atoms with E-state index in [0.717, 1.165) is 89.9 Å². The van der Waals surface area contributed by atoms with Gasteiger partial charge >= 0.3 is 17.1 Å². The number of hydrogen-bond donors (Lipinski definition) is 0. The van der Waals surface area contributed by atoms with Crippen molar-refractivity contribution in [2.45, 2.75) is 258 Å². The first kappa shape index (κ1) is 62.3. The molecule has 0 amide bonds. The van der Waals surface area contributed by atoms with Gasteiger partial charge in [0.15, 0.2) is 0 Å². The van der Waals surface area contributed by atoms with E-state index in [2.05, 4.69) is 99.2 Å². The third-order valence-corrected chi connectivity index (χ3v) is 20.2. The number of nitrogens with zero attached hydrogens (tertiary/aromatic N) is 2. The number of likely N-dealkylation sites (tertiary alicyclic amines) is 2. The minimum absolute atomic E-state index is 0.477. The summed E-state index contributed by atoms with van der Waals surface area (Å²) in [6.45, 7) is 24.8. The molecule has 0 aromatic rings. The molecule has 67 heavy (non-hydrogen) atoms. The Kier molecular flexibility index (Phi) is 39.8. The summed E-state index contributed by atoms with van der Waals surface area (Å²) in [5.74, 6) is 0. The molecule has 2 aliphatic heterocycles. The van der Waals surface area contributed by atoms with Gasteiger partial charge in [-0.1, -0.05) is 141 Å². The van der Waals surface area contributed by atoms with Crippen LogP contribution in [0.3, 0.4) is 0 Å². The van der Waals surface area contributed by atoms with Gasteiger partial charge in [-0.2, -0.15) is 0 Å². The summed E-state index contributed by atoms with van der Waals surface area (Å²) >= 11 is 0. The smallest absolute Gasteiger partial charge is 0.334 e. The van der Waals surface area contributed by atoms with Crippen molar-refractivity contribution in [2.24, 2.45) is 5.41 Å². The lowest BCUT2D eigenvalue weighted by Gasteiger charge is -2.48. The van der Waals surface area contributed by atoms with Crippen LogP contribution in [0, 0.1) is 5.41 Å². The second kappa shape index (κ2) is 42.8. The van der Waals surface area contributed by atoms with Crippen molar-refractivity contribution in [3.05, 3.63) is 48.6 Å². The highest BCUT2D eigenvalue weighted by atomic mass is 28.4. The summed E-state index contributed by atoms with van der Waals surface area (Å²) in [5, 5.41) is 0. The normalized spacial score (nSPS) is 16.7. The Morgan fingerprint density at radius 2 is 0.657 bits per heavy atom. The van der Waals surface area contributed by atoms with Crippen LogP contribution in [0.1, 0.15) is 233 Å². The van der Waals surface area contributed by atoms with E-state index in [1.165, 1.54) is 193 Å². The van der Waals surface area contributed by atoms with Crippen molar-refractivity contribution in [2.75, 3.05) is 65.7 Å². The van der Waals surface area contributed by atoms with Crippen LogP contribution in [-0.2, 0) is 17.7 Å². The Morgan fingerprint density at radius 3 is 0.940 bits per heavy atom. The van der Waals surface area contributed by atoms with Crippen molar-refractivity contribution >= 4 is 17.1 Å². The summed E-state index contributed by atoms with van der Waals surface area (Å²) in [4.78, 5) is 5.67. The zero-order valence-corrected chi connectivity index (χ0v) is 47.8. The molecule has 0 aromatic heterocycles. The van der Waals surface area contributed by atoms with Crippen LogP contribution >= 0.6 is 0 Å². The van der Waals surface area contributed by atoms with Crippen LogP contribution in [-0.4, -0.2) is 92.6 Å². The Hall–Kier alpha value is -0.846. The Morgan fingerprint density at radius 1 is 0.373 bits per heavy atom. The zero-order chi connectivity index (χ0) is 48.3. The van der Waals surface area contributed by atoms with Gasteiger partial charge < -0.3 is 27.5 Å². The average molecular weight is 972 g/mol. The number of allylic oxidation sites excluding steroid dienone is 8. The summed E-state index contributed by atoms with van der Waals surface area (Å²) in [6, 6.07) is 2.23. The fourth-order valence-electron chi connectivity index (χ4n) is 10.2. The molecule has 2 saturated heterocycles. The highest BCUT2D eigenvalue weighted by Gasteiger charge is 2.39. The van der Waals surface area contributed by atoms with E-state index in [0.29, 0.717) is 5.41 Å². The molecule has 392 valence electrons. The molecule has 0 saturated carbocycles. The fourth-order valence-corrected chi connectivity index (χ4v) is 15.1. The summed E-state index contributed by atoms with van der Waals surface area (Å²) in [6.07, 6.45) is 59.1. The molecule has 0 unspecified atom stereocenters. The molecule has 2 rings (SSSR count). The lowest BCUT2D eigenvalue weighted by atomic mass is 9.73. The van der Waals surface area contributed by atoms with Crippen molar-refractivity contribution in [3.8, 4) is 0 Å². The minimum Gasteiger partial charge on any atom is -0.394 e. The van der Waals surface area contributed by atoms with Gasteiger partial charge in [-0.05, 0) is 198 Å².